The molecule has 2 rings (SSSR count). The number of carbonyl (C=O) groups is 1. The molecule has 1 aromatic carbocycles. The fraction of sp³-hybridized carbons (Fsp3) is 0.333. The summed E-state index contributed by atoms with van der Waals surface area (Å²) in [5.41, 5.74) is 3.20. The summed E-state index contributed by atoms with van der Waals surface area (Å²) in [6, 6.07) is 5.41. The minimum absolute atomic E-state index is 0.0551. The number of rotatable bonds is 7. The highest BCUT2D eigenvalue weighted by molar-refractivity contribution is 5.83. The van der Waals surface area contributed by atoms with Gasteiger partial charge in [-0.25, -0.2) is 15.1 Å². The van der Waals surface area contributed by atoms with E-state index in [9.17, 15) is 4.79 Å². The Labute approximate surface area is 134 Å². The lowest BCUT2D eigenvalue weighted by molar-refractivity contribution is -0.121. The molecule has 0 unspecified atom stereocenters. The van der Waals surface area contributed by atoms with Gasteiger partial charge >= 0.3 is 0 Å². The summed E-state index contributed by atoms with van der Waals surface area (Å²) in [6.07, 6.45) is 4.41. The largest absolute Gasteiger partial charge is 0.493 e. The van der Waals surface area contributed by atoms with E-state index < -0.39 is 0 Å². The fourth-order valence-electron chi connectivity index (χ4n) is 1.79. The number of nitrogens with zero attached hydrogens (tertiary/aromatic N) is 4. The Morgan fingerprint density at radius 3 is 2.91 bits per heavy atom. The van der Waals surface area contributed by atoms with Crippen LogP contribution in [-0.2, 0) is 11.3 Å². The number of hydrogen-bond acceptors (Lipinski definition) is 6. The monoisotopic (exact) mass is 317 g/mol. The van der Waals surface area contributed by atoms with Gasteiger partial charge in [-0.05, 0) is 37.6 Å². The Kier molecular flexibility index (Phi) is 5.67. The minimum atomic E-state index is -0.293. The van der Waals surface area contributed by atoms with E-state index in [0.717, 1.165) is 5.56 Å². The zero-order chi connectivity index (χ0) is 16.7. The summed E-state index contributed by atoms with van der Waals surface area (Å²) in [5.74, 6) is 0.977. The van der Waals surface area contributed by atoms with Crippen molar-refractivity contribution in [1.29, 1.82) is 0 Å². The van der Waals surface area contributed by atoms with E-state index in [2.05, 4.69) is 20.6 Å². The van der Waals surface area contributed by atoms with Crippen LogP contribution in [0, 0.1) is 0 Å². The molecule has 0 radical (unpaired) electrons. The van der Waals surface area contributed by atoms with Gasteiger partial charge in [0.15, 0.2) is 11.5 Å². The Balaban J connectivity index is 1.95. The van der Waals surface area contributed by atoms with Gasteiger partial charge < -0.3 is 9.47 Å². The van der Waals surface area contributed by atoms with Gasteiger partial charge in [-0.3, -0.25) is 4.79 Å². The van der Waals surface area contributed by atoms with E-state index in [1.54, 1.807) is 19.2 Å². The summed E-state index contributed by atoms with van der Waals surface area (Å²) < 4.78 is 12.3. The number of aromatic nitrogens is 3. The summed E-state index contributed by atoms with van der Waals surface area (Å²) in [7, 11) is 1.57. The maximum Gasteiger partial charge on any atom is 0.261 e. The van der Waals surface area contributed by atoms with Crippen LogP contribution in [0.15, 0.2) is 36.0 Å². The number of carbonyl (C=O) groups excluding carboxylic acids is 1. The maximum atomic E-state index is 11.6. The quantitative estimate of drug-likeness (QED) is 0.612. The highest BCUT2D eigenvalue weighted by atomic mass is 16.5. The number of benzene rings is 1. The summed E-state index contributed by atoms with van der Waals surface area (Å²) in [4.78, 5) is 15.4. The second-order valence-electron chi connectivity index (χ2n) is 4.96. The van der Waals surface area contributed by atoms with Crippen molar-refractivity contribution >= 4 is 12.1 Å². The van der Waals surface area contributed by atoms with Crippen molar-refractivity contribution in [3.63, 3.8) is 0 Å². The lowest BCUT2D eigenvalue weighted by Gasteiger charge is -2.13. The predicted molar refractivity (Wildman–Crippen MR) is 84.5 cm³/mol. The topological polar surface area (TPSA) is 90.6 Å². The highest BCUT2D eigenvalue weighted by Crippen LogP contribution is 2.28. The van der Waals surface area contributed by atoms with Crippen LogP contribution in [0.1, 0.15) is 19.4 Å². The molecule has 0 fully saturated rings. The third-order valence-electron chi connectivity index (χ3n) is 2.73. The van der Waals surface area contributed by atoms with Crippen molar-refractivity contribution in [3.8, 4) is 11.5 Å². The molecule has 0 saturated carbocycles. The summed E-state index contributed by atoms with van der Waals surface area (Å²) in [6.45, 7) is 3.95. The van der Waals surface area contributed by atoms with Crippen molar-refractivity contribution in [3.05, 3.63) is 36.4 Å². The third kappa shape index (κ3) is 5.10. The Hall–Kier alpha value is -2.90. The molecular weight excluding hydrogens is 298 g/mol. The summed E-state index contributed by atoms with van der Waals surface area (Å²) >= 11 is 0. The van der Waals surface area contributed by atoms with Crippen molar-refractivity contribution in [1.82, 2.24) is 20.2 Å². The van der Waals surface area contributed by atoms with E-state index in [1.807, 2.05) is 19.9 Å². The lowest BCUT2D eigenvalue weighted by atomic mass is 10.2. The Bertz CT molecular complexity index is 668. The smallest absolute Gasteiger partial charge is 0.261 e. The highest BCUT2D eigenvalue weighted by Gasteiger charge is 2.07. The standard InChI is InChI=1S/C15H19N5O3/c1-11(2)23-13-5-4-12(6-14(13)22-3)7-17-19-15(21)8-20-10-16-9-18-20/h4-7,9-11H,8H2,1-3H3,(H,19,21)/b17-7+. The Morgan fingerprint density at radius 1 is 1.43 bits per heavy atom. The van der Waals surface area contributed by atoms with Crippen molar-refractivity contribution < 1.29 is 14.3 Å². The van der Waals surface area contributed by atoms with E-state index in [1.165, 1.54) is 23.6 Å². The molecule has 2 aromatic rings. The molecule has 23 heavy (non-hydrogen) atoms. The number of hydrogen-bond donors (Lipinski definition) is 1. The minimum Gasteiger partial charge on any atom is -0.493 e. The maximum absolute atomic E-state index is 11.6. The van der Waals surface area contributed by atoms with Gasteiger partial charge in [0.1, 0.15) is 19.2 Å². The molecule has 0 aliphatic rings. The first-order valence-electron chi connectivity index (χ1n) is 7.07. The van der Waals surface area contributed by atoms with E-state index in [0.29, 0.717) is 11.5 Å². The van der Waals surface area contributed by atoms with Crippen LogP contribution in [0.25, 0.3) is 0 Å². The molecular formula is C15H19N5O3. The van der Waals surface area contributed by atoms with Gasteiger partial charge in [0, 0.05) is 0 Å². The molecule has 0 saturated heterocycles. The van der Waals surface area contributed by atoms with Gasteiger partial charge in [-0.1, -0.05) is 0 Å². The van der Waals surface area contributed by atoms with E-state index in [4.69, 9.17) is 9.47 Å². The first-order valence-corrected chi connectivity index (χ1v) is 7.07. The van der Waals surface area contributed by atoms with Crippen molar-refractivity contribution in [2.24, 2.45) is 5.10 Å². The summed E-state index contributed by atoms with van der Waals surface area (Å²) in [5, 5.41) is 7.75. The lowest BCUT2D eigenvalue weighted by Crippen LogP contribution is -2.23. The van der Waals surface area contributed by atoms with Gasteiger partial charge in [-0.2, -0.15) is 10.2 Å². The van der Waals surface area contributed by atoms with Gasteiger partial charge in [0.05, 0.1) is 19.4 Å². The van der Waals surface area contributed by atoms with Gasteiger partial charge in [0.25, 0.3) is 5.91 Å². The van der Waals surface area contributed by atoms with Crippen LogP contribution in [0.4, 0.5) is 0 Å². The average Bonchev–Trinajstić information content (AvgIpc) is 3.01. The van der Waals surface area contributed by atoms with Crippen molar-refractivity contribution in [2.45, 2.75) is 26.5 Å². The SMILES string of the molecule is COc1cc(/C=N/NC(=O)Cn2cncn2)ccc1OC(C)C. The van der Waals surface area contributed by atoms with Crippen LogP contribution in [0.5, 0.6) is 11.5 Å². The first-order chi connectivity index (χ1) is 11.1. The molecule has 8 heteroatoms. The molecule has 1 heterocycles. The number of ether oxygens (including phenoxy) is 2. The van der Waals surface area contributed by atoms with Crippen LogP contribution in [0.2, 0.25) is 0 Å². The molecule has 0 spiro atoms. The molecule has 0 atom stereocenters. The van der Waals surface area contributed by atoms with Crippen LogP contribution in [-0.4, -0.2) is 40.1 Å². The zero-order valence-electron chi connectivity index (χ0n) is 13.3. The third-order valence-corrected chi connectivity index (χ3v) is 2.73. The molecule has 1 N–H and O–H groups in total. The first kappa shape index (κ1) is 16.5. The molecule has 0 bridgehead atoms. The molecule has 0 aliphatic heterocycles. The molecule has 0 aliphatic carbocycles. The zero-order valence-corrected chi connectivity index (χ0v) is 13.3. The van der Waals surface area contributed by atoms with Crippen LogP contribution >= 0.6 is 0 Å². The van der Waals surface area contributed by atoms with E-state index >= 15 is 0 Å². The number of hydrazone groups is 1. The molecule has 1 amide bonds. The van der Waals surface area contributed by atoms with Crippen molar-refractivity contribution in [2.75, 3.05) is 7.11 Å². The average molecular weight is 317 g/mol. The molecule has 122 valence electrons. The van der Waals surface area contributed by atoms with Gasteiger partial charge in [-0.15, -0.1) is 0 Å². The van der Waals surface area contributed by atoms with E-state index in [-0.39, 0.29) is 18.6 Å². The second kappa shape index (κ2) is 7.92. The van der Waals surface area contributed by atoms with Crippen LogP contribution < -0.4 is 14.9 Å². The number of methoxy groups -OCH3 is 1. The van der Waals surface area contributed by atoms with Crippen LogP contribution in [0.3, 0.4) is 0 Å². The predicted octanol–water partition coefficient (Wildman–Crippen LogP) is 1.22. The molecule has 1 aromatic heterocycles. The second-order valence-corrected chi connectivity index (χ2v) is 4.96. The normalized spacial score (nSPS) is 11.0. The van der Waals surface area contributed by atoms with Gasteiger partial charge in [0.2, 0.25) is 0 Å². The fourth-order valence-corrected chi connectivity index (χ4v) is 1.79. The number of nitrogens with one attached hydrogen (secondary N) is 1. The number of amides is 1. The molecule has 8 nitrogen and oxygen atoms in total. The Morgan fingerprint density at radius 2 is 2.26 bits per heavy atom.